The molecule has 0 heterocycles. The van der Waals surface area contributed by atoms with E-state index in [-0.39, 0.29) is 5.57 Å². The van der Waals surface area contributed by atoms with Gasteiger partial charge >= 0.3 is 7.82 Å². The van der Waals surface area contributed by atoms with Crippen molar-refractivity contribution in [1.82, 2.24) is 0 Å². The van der Waals surface area contributed by atoms with Crippen molar-refractivity contribution in [1.29, 1.82) is 0 Å². The maximum absolute atomic E-state index is 10.6. The molecule has 2 N–H and O–H groups in total. The molecule has 0 saturated carbocycles. The Morgan fingerprint density at radius 1 is 1.64 bits per heavy atom. The van der Waals surface area contributed by atoms with Crippen LogP contribution in [0.4, 0.5) is 0 Å². The molecule has 0 aromatic rings. The summed E-state index contributed by atoms with van der Waals surface area (Å²) in [5, 5.41) is 0. The minimum absolute atomic E-state index is 0.207. The molecule has 0 saturated heterocycles. The zero-order chi connectivity index (χ0) is 9.07. The summed E-state index contributed by atoms with van der Waals surface area (Å²) in [5.74, 6) is -0.520. The van der Waals surface area contributed by atoms with Gasteiger partial charge in [0.2, 0.25) is 0 Å². The van der Waals surface area contributed by atoms with Crippen molar-refractivity contribution in [2.24, 2.45) is 0 Å². The van der Waals surface area contributed by atoms with Crippen LogP contribution in [0.15, 0.2) is 12.2 Å². The molecular weight excluding hydrogens is 171 g/mol. The molecule has 0 aromatic carbocycles. The van der Waals surface area contributed by atoms with Crippen molar-refractivity contribution >= 4 is 13.6 Å². The third kappa shape index (κ3) is 5.94. The number of rotatable bonds is 4. The van der Waals surface area contributed by atoms with Crippen LogP contribution in [-0.2, 0) is 13.9 Å². The molecule has 0 radical (unpaired) electrons. The monoisotopic (exact) mass is 180 g/mol. The Bertz CT molecular complexity index is 215. The van der Waals surface area contributed by atoms with Crippen molar-refractivity contribution < 1.29 is 23.7 Å². The third-order valence-electron chi connectivity index (χ3n) is 0.840. The molecular formula is C5H9O5P. The summed E-state index contributed by atoms with van der Waals surface area (Å²) < 4.78 is 14.0. The number of phosphoric ester groups is 1. The Morgan fingerprint density at radius 2 is 2.09 bits per heavy atom. The van der Waals surface area contributed by atoms with Gasteiger partial charge in [-0.25, -0.2) is 4.57 Å². The molecule has 0 rings (SSSR count). The minimum Gasteiger partial charge on any atom is -0.303 e. The van der Waals surface area contributed by atoms with Crippen molar-refractivity contribution in [3.05, 3.63) is 12.2 Å². The number of Topliss-reactive ketones (excluding diaryl/α,β-unsaturated/α-hetero) is 1. The maximum Gasteiger partial charge on any atom is 0.470 e. The van der Waals surface area contributed by atoms with Crippen LogP contribution in [0, 0.1) is 0 Å². The van der Waals surface area contributed by atoms with Gasteiger partial charge in [-0.15, -0.1) is 0 Å². The Hall–Kier alpha value is -0.480. The lowest BCUT2D eigenvalue weighted by atomic mass is 10.2. The number of ketones is 1. The largest absolute Gasteiger partial charge is 0.470 e. The molecule has 0 atom stereocenters. The summed E-state index contributed by atoms with van der Waals surface area (Å²) in [6, 6.07) is 0. The molecule has 0 amide bonds. The smallest absolute Gasteiger partial charge is 0.303 e. The van der Waals surface area contributed by atoms with E-state index in [0.29, 0.717) is 0 Å². The molecule has 11 heavy (non-hydrogen) atoms. The first-order valence-corrected chi connectivity index (χ1v) is 4.25. The summed E-state index contributed by atoms with van der Waals surface area (Å²) in [5.41, 5.74) is 0.207. The lowest BCUT2D eigenvalue weighted by molar-refractivity contribution is -0.117. The lowest BCUT2D eigenvalue weighted by Gasteiger charge is -2.02. The molecule has 0 unspecified atom stereocenters. The first-order chi connectivity index (χ1) is 4.83. The van der Waals surface area contributed by atoms with Crippen molar-refractivity contribution in [3.63, 3.8) is 0 Å². The van der Waals surface area contributed by atoms with Crippen LogP contribution < -0.4 is 0 Å². The zero-order valence-corrected chi connectivity index (χ0v) is 6.88. The summed E-state index contributed by atoms with van der Waals surface area (Å²) in [4.78, 5) is 26.9. The highest BCUT2D eigenvalue weighted by Crippen LogP contribution is 2.35. The van der Waals surface area contributed by atoms with Gasteiger partial charge in [0.25, 0.3) is 0 Å². The molecule has 64 valence electrons. The standard InChI is InChI=1S/C5H9O5P/c1-4(2)5(6)3-10-11(7,8)9/h1,3H2,2H3,(H2,7,8,9). The van der Waals surface area contributed by atoms with Gasteiger partial charge in [0.1, 0.15) is 6.61 Å². The summed E-state index contributed by atoms with van der Waals surface area (Å²) in [6.07, 6.45) is 0. The first-order valence-electron chi connectivity index (χ1n) is 2.72. The van der Waals surface area contributed by atoms with Crippen LogP contribution >= 0.6 is 7.82 Å². The predicted molar refractivity (Wildman–Crippen MR) is 37.8 cm³/mol. The van der Waals surface area contributed by atoms with Crippen LogP contribution in [0.3, 0.4) is 0 Å². The minimum atomic E-state index is -4.52. The zero-order valence-electron chi connectivity index (χ0n) is 5.98. The second kappa shape index (κ2) is 3.78. The van der Waals surface area contributed by atoms with E-state index in [4.69, 9.17) is 9.79 Å². The SMILES string of the molecule is C=C(C)C(=O)COP(=O)(O)O. The average molecular weight is 180 g/mol. The molecule has 0 aliphatic rings. The fraction of sp³-hybridized carbons (Fsp3) is 0.400. The van der Waals surface area contributed by atoms with Crippen LogP contribution in [0.25, 0.3) is 0 Å². The Labute approximate surface area is 63.9 Å². The van der Waals surface area contributed by atoms with Gasteiger partial charge in [-0.3, -0.25) is 9.32 Å². The number of carbonyl (C=O) groups is 1. The maximum atomic E-state index is 10.6. The van der Waals surface area contributed by atoms with Gasteiger partial charge in [-0.05, 0) is 12.5 Å². The van der Waals surface area contributed by atoms with E-state index in [9.17, 15) is 9.36 Å². The van der Waals surface area contributed by atoms with E-state index in [1.807, 2.05) is 0 Å². The first kappa shape index (κ1) is 10.5. The van der Waals surface area contributed by atoms with E-state index in [1.165, 1.54) is 6.92 Å². The summed E-state index contributed by atoms with van der Waals surface area (Å²) in [7, 11) is -4.52. The molecule has 0 spiro atoms. The van der Waals surface area contributed by atoms with Crippen LogP contribution in [0.5, 0.6) is 0 Å². The van der Waals surface area contributed by atoms with Gasteiger partial charge in [0.15, 0.2) is 5.78 Å². The molecule has 0 aromatic heterocycles. The van der Waals surface area contributed by atoms with Gasteiger partial charge in [0, 0.05) is 0 Å². The molecule has 0 fully saturated rings. The van der Waals surface area contributed by atoms with Crippen molar-refractivity contribution in [2.45, 2.75) is 6.92 Å². The van der Waals surface area contributed by atoms with Crippen LogP contribution in [0.1, 0.15) is 6.92 Å². The number of hydrogen-bond acceptors (Lipinski definition) is 3. The van der Waals surface area contributed by atoms with E-state index >= 15 is 0 Å². The van der Waals surface area contributed by atoms with Gasteiger partial charge < -0.3 is 9.79 Å². The molecule has 6 heteroatoms. The van der Waals surface area contributed by atoms with E-state index < -0.39 is 20.2 Å². The Balaban J connectivity index is 3.82. The quantitative estimate of drug-likeness (QED) is 0.478. The van der Waals surface area contributed by atoms with Crippen LogP contribution in [0.2, 0.25) is 0 Å². The van der Waals surface area contributed by atoms with E-state index in [1.54, 1.807) is 0 Å². The number of hydrogen-bond donors (Lipinski definition) is 2. The highest BCUT2D eigenvalue weighted by molar-refractivity contribution is 7.46. The third-order valence-corrected chi connectivity index (χ3v) is 1.31. The number of phosphoric acid groups is 1. The Kier molecular flexibility index (Phi) is 3.62. The molecule has 5 nitrogen and oxygen atoms in total. The number of carbonyl (C=O) groups excluding carboxylic acids is 1. The van der Waals surface area contributed by atoms with Gasteiger partial charge in [-0.2, -0.15) is 0 Å². The topological polar surface area (TPSA) is 83.8 Å². The fourth-order valence-corrected chi connectivity index (χ4v) is 0.551. The second-order valence-corrected chi connectivity index (χ2v) is 3.21. The van der Waals surface area contributed by atoms with E-state index in [0.717, 1.165) is 0 Å². The van der Waals surface area contributed by atoms with E-state index in [2.05, 4.69) is 11.1 Å². The highest BCUT2D eigenvalue weighted by atomic mass is 31.2. The second-order valence-electron chi connectivity index (χ2n) is 1.97. The fourth-order valence-electron chi connectivity index (χ4n) is 0.266. The van der Waals surface area contributed by atoms with Crippen LogP contribution in [-0.4, -0.2) is 22.2 Å². The Morgan fingerprint density at radius 3 is 2.36 bits per heavy atom. The average Bonchev–Trinajstić information content (AvgIpc) is 1.80. The predicted octanol–water partition coefficient (Wildman–Crippen LogP) is 0.241. The van der Waals surface area contributed by atoms with Crippen molar-refractivity contribution in [3.8, 4) is 0 Å². The van der Waals surface area contributed by atoms with Crippen molar-refractivity contribution in [2.75, 3.05) is 6.61 Å². The highest BCUT2D eigenvalue weighted by Gasteiger charge is 2.16. The van der Waals surface area contributed by atoms with Gasteiger partial charge in [-0.1, -0.05) is 6.58 Å². The summed E-state index contributed by atoms with van der Waals surface area (Å²) >= 11 is 0. The van der Waals surface area contributed by atoms with Gasteiger partial charge in [0.05, 0.1) is 0 Å². The summed E-state index contributed by atoms with van der Waals surface area (Å²) in [6.45, 7) is 4.08. The lowest BCUT2D eigenvalue weighted by Crippen LogP contribution is -2.07. The normalized spacial score (nSPS) is 11.2. The molecule has 0 aliphatic heterocycles. The molecule has 0 bridgehead atoms. The molecule has 0 aliphatic carbocycles.